The summed E-state index contributed by atoms with van der Waals surface area (Å²) in [6.07, 6.45) is 0. The third kappa shape index (κ3) is 105. The molecule has 0 rings (SSSR count). The van der Waals surface area contributed by atoms with Gasteiger partial charge in [-0.2, -0.15) is 0 Å². The van der Waals surface area contributed by atoms with Gasteiger partial charge >= 0.3 is 0 Å². The van der Waals surface area contributed by atoms with E-state index in [0.29, 0.717) is 11.8 Å². The van der Waals surface area contributed by atoms with Gasteiger partial charge in [0.2, 0.25) is 0 Å². The molecule has 0 aromatic rings. The highest BCUT2D eigenvalue weighted by molar-refractivity contribution is 6.25. The van der Waals surface area contributed by atoms with Gasteiger partial charge in [-0.15, -0.1) is 23.2 Å². The van der Waals surface area contributed by atoms with Crippen LogP contribution in [0.2, 0.25) is 0 Å². The van der Waals surface area contributed by atoms with Crippen molar-refractivity contribution < 1.29 is 18.8 Å². The lowest BCUT2D eigenvalue weighted by Crippen LogP contribution is -1.63. The van der Waals surface area contributed by atoms with Crippen molar-refractivity contribution in [2.75, 3.05) is 11.8 Å². The fourth-order valence-electron chi connectivity index (χ4n) is 0. The Morgan fingerprint density at radius 2 is 0.750 bits per heavy atom. The molecule has 6 heteroatoms. The highest BCUT2D eigenvalue weighted by Crippen LogP contribution is 1.75. The zero-order chi connectivity index (χ0) is 3.41. The third-order valence-corrected chi connectivity index (χ3v) is 0.643. The molecular formula is C2H8Cl2F4. The van der Waals surface area contributed by atoms with Crippen molar-refractivity contribution in [2.45, 2.75) is 0 Å². The van der Waals surface area contributed by atoms with Crippen molar-refractivity contribution in [3.63, 3.8) is 0 Å². The number of alkyl halides is 2. The fraction of sp³-hybridized carbons (Fsp3) is 1.00. The average molecular weight is 179 g/mol. The zero-order valence-electron chi connectivity index (χ0n) is 3.80. The molecule has 0 atom stereocenters. The number of hydrogen-bond acceptors (Lipinski definition) is 0. The van der Waals surface area contributed by atoms with E-state index in [1.807, 2.05) is 0 Å². The minimum absolute atomic E-state index is 0. The predicted molar refractivity (Wildman–Crippen MR) is 31.5 cm³/mol. The Morgan fingerprint density at radius 1 is 0.625 bits per heavy atom. The Morgan fingerprint density at radius 3 is 0.750 bits per heavy atom. The van der Waals surface area contributed by atoms with Crippen LogP contribution >= 0.6 is 23.2 Å². The molecule has 0 unspecified atom stereocenters. The highest BCUT2D eigenvalue weighted by atomic mass is 35.5. The summed E-state index contributed by atoms with van der Waals surface area (Å²) in [6, 6.07) is 0. The van der Waals surface area contributed by atoms with Crippen LogP contribution in [0.5, 0.6) is 0 Å². The standard InChI is InChI=1S/C2H4Cl2.4FH/c3-1-2-4;;;;/h1-2H2;4*1H. The van der Waals surface area contributed by atoms with Crippen molar-refractivity contribution in [3.8, 4) is 0 Å². The van der Waals surface area contributed by atoms with Gasteiger partial charge in [0.05, 0.1) is 0 Å². The van der Waals surface area contributed by atoms with E-state index < -0.39 is 0 Å². The normalized spacial score (nSPS) is 3.75. The maximum atomic E-state index is 5.05. The largest absolute Gasteiger partial charge is 0.269 e. The van der Waals surface area contributed by atoms with Crippen LogP contribution < -0.4 is 0 Å². The van der Waals surface area contributed by atoms with Crippen molar-refractivity contribution in [3.05, 3.63) is 0 Å². The molecule has 0 amide bonds. The van der Waals surface area contributed by atoms with Gasteiger partial charge in [0, 0.05) is 11.8 Å². The lowest BCUT2D eigenvalue weighted by molar-refractivity contribution is 1.11. The molecule has 0 aliphatic heterocycles. The van der Waals surface area contributed by atoms with Gasteiger partial charge in [-0.25, -0.2) is 0 Å². The Labute approximate surface area is 54.6 Å². The van der Waals surface area contributed by atoms with E-state index in [1.165, 1.54) is 0 Å². The molecule has 0 spiro atoms. The summed E-state index contributed by atoms with van der Waals surface area (Å²) in [5.41, 5.74) is 0. The topological polar surface area (TPSA) is 0 Å². The van der Waals surface area contributed by atoms with Crippen LogP contribution in [-0.4, -0.2) is 11.8 Å². The second kappa shape index (κ2) is 54.8. The minimum Gasteiger partial charge on any atom is -0.269 e. The Balaban J connectivity index is -0.00000000750. The van der Waals surface area contributed by atoms with Crippen LogP contribution in [0, 0.1) is 0 Å². The molecular weight excluding hydrogens is 171 g/mol. The molecule has 0 aromatic heterocycles. The zero-order valence-corrected chi connectivity index (χ0v) is 5.31. The van der Waals surface area contributed by atoms with Crippen molar-refractivity contribution >= 4 is 23.2 Å². The number of hydrogen-bond donors (Lipinski definition) is 0. The van der Waals surface area contributed by atoms with Crippen LogP contribution in [0.25, 0.3) is 0 Å². The second-order valence-corrected chi connectivity index (χ2v) is 1.13. The minimum atomic E-state index is 0. The fourth-order valence-corrected chi connectivity index (χ4v) is 0. The van der Waals surface area contributed by atoms with E-state index in [1.54, 1.807) is 0 Å². The molecule has 0 heterocycles. The van der Waals surface area contributed by atoms with Crippen LogP contribution in [0.15, 0.2) is 0 Å². The van der Waals surface area contributed by atoms with Gasteiger partial charge in [0.15, 0.2) is 0 Å². The van der Waals surface area contributed by atoms with E-state index in [4.69, 9.17) is 23.2 Å². The smallest absolute Gasteiger partial charge is 0.0359 e. The summed E-state index contributed by atoms with van der Waals surface area (Å²) in [5, 5.41) is 0. The van der Waals surface area contributed by atoms with Crippen molar-refractivity contribution in [1.29, 1.82) is 0 Å². The lowest BCUT2D eigenvalue weighted by Gasteiger charge is -1.63. The summed E-state index contributed by atoms with van der Waals surface area (Å²) >= 11 is 10.1. The van der Waals surface area contributed by atoms with Crippen LogP contribution in [-0.2, 0) is 0 Å². The molecule has 0 aliphatic rings. The molecule has 0 saturated heterocycles. The maximum Gasteiger partial charge on any atom is 0.0359 e. The molecule has 0 saturated carbocycles. The van der Waals surface area contributed by atoms with Crippen LogP contribution in [0.3, 0.4) is 0 Å². The third-order valence-electron chi connectivity index (χ3n) is 0.0714. The van der Waals surface area contributed by atoms with E-state index >= 15 is 0 Å². The summed E-state index contributed by atoms with van der Waals surface area (Å²) in [5.74, 6) is 1.11. The van der Waals surface area contributed by atoms with Gasteiger partial charge in [0.1, 0.15) is 0 Å². The van der Waals surface area contributed by atoms with E-state index in [-0.39, 0.29) is 18.8 Å². The first-order valence-electron chi connectivity index (χ1n) is 1.03. The molecule has 8 heavy (non-hydrogen) atoms. The summed E-state index contributed by atoms with van der Waals surface area (Å²) in [4.78, 5) is 0. The first-order chi connectivity index (χ1) is 1.91. The van der Waals surface area contributed by atoms with Crippen molar-refractivity contribution in [1.82, 2.24) is 0 Å². The first kappa shape index (κ1) is 40.6. The molecule has 58 valence electrons. The molecule has 0 radical (unpaired) electrons. The monoisotopic (exact) mass is 178 g/mol. The van der Waals surface area contributed by atoms with Crippen LogP contribution in [0.1, 0.15) is 0 Å². The van der Waals surface area contributed by atoms with E-state index in [0.717, 1.165) is 0 Å². The van der Waals surface area contributed by atoms with Gasteiger partial charge in [0.25, 0.3) is 0 Å². The first-order valence-corrected chi connectivity index (χ1v) is 2.10. The molecule has 0 bridgehead atoms. The Hall–Kier alpha value is 0.300. The molecule has 0 nitrogen and oxygen atoms in total. The lowest BCUT2D eigenvalue weighted by atomic mass is 11.0. The van der Waals surface area contributed by atoms with Gasteiger partial charge in [-0.3, -0.25) is 18.8 Å². The Kier molecular flexibility index (Phi) is 278. The quantitative estimate of drug-likeness (QED) is 0.427. The summed E-state index contributed by atoms with van der Waals surface area (Å²) < 4.78 is 0. The highest BCUT2D eigenvalue weighted by Gasteiger charge is 1.61. The Bertz CT molecular complexity index is 14.0. The summed E-state index contributed by atoms with van der Waals surface area (Å²) in [7, 11) is 0. The second-order valence-electron chi connectivity index (χ2n) is 0.378. The van der Waals surface area contributed by atoms with E-state index in [9.17, 15) is 0 Å². The number of rotatable bonds is 1. The molecule has 0 fully saturated rings. The number of halogens is 6. The summed E-state index contributed by atoms with van der Waals surface area (Å²) in [6.45, 7) is 0. The van der Waals surface area contributed by atoms with Gasteiger partial charge in [-0.05, 0) is 0 Å². The van der Waals surface area contributed by atoms with Crippen molar-refractivity contribution in [2.24, 2.45) is 0 Å². The molecule has 0 aliphatic carbocycles. The average Bonchev–Trinajstić information content (AvgIpc) is 1.37. The molecule has 0 aromatic carbocycles. The SMILES string of the molecule is ClCCCl.F.F.F.F. The van der Waals surface area contributed by atoms with Gasteiger partial charge in [-0.1, -0.05) is 0 Å². The van der Waals surface area contributed by atoms with E-state index in [2.05, 4.69) is 0 Å². The molecule has 0 N–H and O–H groups in total. The predicted octanol–water partition coefficient (Wildman–Crippen LogP) is 2.07. The van der Waals surface area contributed by atoms with Crippen LogP contribution in [0.4, 0.5) is 18.8 Å². The maximum absolute atomic E-state index is 5.05. The van der Waals surface area contributed by atoms with Gasteiger partial charge < -0.3 is 0 Å².